The number of piperidine rings is 1. The molecule has 2 heterocycles. The van der Waals surface area contributed by atoms with Crippen LogP contribution in [-0.4, -0.2) is 47.8 Å². The maximum atomic E-state index is 12.9. The summed E-state index contributed by atoms with van der Waals surface area (Å²) in [5, 5.41) is 9.95. The molecule has 7 heteroatoms. The predicted molar refractivity (Wildman–Crippen MR) is 102 cm³/mol. The third-order valence-corrected chi connectivity index (χ3v) is 4.89. The highest BCUT2D eigenvalue weighted by Crippen LogP contribution is 2.28. The Hall–Kier alpha value is -2.93. The Bertz CT molecular complexity index is 867. The maximum Gasteiger partial charge on any atom is 0.236 e. The highest BCUT2D eigenvalue weighted by molar-refractivity contribution is 6.26. The molecular weight excluding hydrogens is 344 g/mol. The first-order valence-corrected chi connectivity index (χ1v) is 9.31. The predicted octanol–water partition coefficient (Wildman–Crippen LogP) is 2.95. The lowest BCUT2D eigenvalue weighted by Crippen LogP contribution is -2.33. The van der Waals surface area contributed by atoms with Crippen molar-refractivity contribution in [3.8, 4) is 0 Å². The molecule has 7 nitrogen and oxygen atoms in total. The molecule has 1 aromatic carbocycles. The van der Waals surface area contributed by atoms with Crippen molar-refractivity contribution in [2.75, 3.05) is 36.8 Å². The van der Waals surface area contributed by atoms with Gasteiger partial charge in [0.1, 0.15) is 5.56 Å². The van der Waals surface area contributed by atoms with Crippen molar-refractivity contribution in [1.29, 1.82) is 0 Å². The summed E-state index contributed by atoms with van der Waals surface area (Å²) in [6.07, 6.45) is 5.02. The van der Waals surface area contributed by atoms with Gasteiger partial charge in [0.05, 0.1) is 5.70 Å². The Morgan fingerprint density at radius 1 is 1.07 bits per heavy atom. The molecule has 2 aliphatic rings. The molecule has 2 N–H and O–H groups in total. The number of rotatable bonds is 6. The van der Waals surface area contributed by atoms with Gasteiger partial charge >= 0.3 is 0 Å². The minimum Gasteiger partial charge on any atom is -0.352 e. The van der Waals surface area contributed by atoms with Gasteiger partial charge < -0.3 is 20.1 Å². The highest BCUT2D eigenvalue weighted by atomic mass is 16.5. The summed E-state index contributed by atoms with van der Waals surface area (Å²) in [6, 6.07) is 9.27. The summed E-state index contributed by atoms with van der Waals surface area (Å²) in [6.45, 7) is 3.69. The van der Waals surface area contributed by atoms with Crippen LogP contribution in [0.3, 0.4) is 0 Å². The SMILES string of the molecule is O=C1C=C(Nc2ccccc2)C(=O)c2c1noc2NCCN1CCCCC1. The first-order valence-electron chi connectivity index (χ1n) is 9.31. The van der Waals surface area contributed by atoms with Crippen molar-refractivity contribution in [2.45, 2.75) is 19.3 Å². The summed E-state index contributed by atoms with van der Waals surface area (Å²) in [5.74, 6) is -0.369. The number of hydrogen-bond donors (Lipinski definition) is 2. The Balaban J connectivity index is 1.46. The van der Waals surface area contributed by atoms with Crippen LogP contribution in [0.2, 0.25) is 0 Å². The molecule has 1 fully saturated rings. The van der Waals surface area contributed by atoms with E-state index in [9.17, 15) is 9.59 Å². The standard InChI is InChI=1S/C20H22N4O3/c25-16-13-15(22-14-7-3-1-4-8-14)19(26)17-18(16)23-27-20(17)21-9-12-24-10-5-2-6-11-24/h1,3-4,7-8,13,21-22H,2,5-6,9-12H2. The van der Waals surface area contributed by atoms with Gasteiger partial charge in [-0.1, -0.05) is 29.8 Å². The summed E-state index contributed by atoms with van der Waals surface area (Å²) in [7, 11) is 0. The second kappa shape index (κ2) is 7.75. The van der Waals surface area contributed by atoms with Gasteiger partial charge in [0.25, 0.3) is 0 Å². The maximum absolute atomic E-state index is 12.9. The zero-order chi connectivity index (χ0) is 18.6. The van der Waals surface area contributed by atoms with Crippen LogP contribution >= 0.6 is 0 Å². The number of benzene rings is 1. The first-order chi connectivity index (χ1) is 13.2. The molecular formula is C20H22N4O3. The topological polar surface area (TPSA) is 87.5 Å². The average molecular weight is 366 g/mol. The van der Waals surface area contributed by atoms with Crippen LogP contribution in [0, 0.1) is 0 Å². The van der Waals surface area contributed by atoms with Crippen LogP contribution in [0.25, 0.3) is 0 Å². The van der Waals surface area contributed by atoms with Gasteiger partial charge in [0.2, 0.25) is 17.5 Å². The van der Waals surface area contributed by atoms with Crippen molar-refractivity contribution in [3.05, 3.63) is 53.4 Å². The van der Waals surface area contributed by atoms with Crippen molar-refractivity contribution < 1.29 is 14.1 Å². The van der Waals surface area contributed by atoms with Gasteiger partial charge in [-0.05, 0) is 38.1 Å². The van der Waals surface area contributed by atoms with E-state index in [2.05, 4.69) is 20.7 Å². The zero-order valence-electron chi connectivity index (χ0n) is 15.0. The summed E-state index contributed by atoms with van der Waals surface area (Å²) in [4.78, 5) is 27.6. The number of carbonyl (C=O) groups excluding carboxylic acids is 2. The number of nitrogens with zero attached hydrogens (tertiary/aromatic N) is 2. The van der Waals surface area contributed by atoms with E-state index in [0.717, 1.165) is 25.3 Å². The van der Waals surface area contributed by atoms with Gasteiger partial charge in [0.15, 0.2) is 5.69 Å². The number of fused-ring (bicyclic) bond motifs is 1. The van der Waals surface area contributed by atoms with Gasteiger partial charge in [-0.25, -0.2) is 0 Å². The number of nitrogens with one attached hydrogen (secondary N) is 2. The number of allylic oxidation sites excluding steroid dienone is 2. The minimum atomic E-state index is -0.337. The van der Waals surface area contributed by atoms with Crippen molar-refractivity contribution >= 4 is 23.1 Å². The highest BCUT2D eigenvalue weighted by Gasteiger charge is 2.33. The van der Waals surface area contributed by atoms with Crippen LogP contribution in [0.5, 0.6) is 0 Å². The molecule has 0 amide bonds. The second-order valence-electron chi connectivity index (χ2n) is 6.81. The van der Waals surface area contributed by atoms with E-state index in [1.807, 2.05) is 30.3 Å². The molecule has 0 spiro atoms. The second-order valence-corrected chi connectivity index (χ2v) is 6.81. The Morgan fingerprint density at radius 2 is 1.85 bits per heavy atom. The molecule has 0 atom stereocenters. The molecule has 0 bridgehead atoms. The number of ketones is 2. The summed E-state index contributed by atoms with van der Waals surface area (Å²) < 4.78 is 5.26. The molecule has 0 unspecified atom stereocenters. The number of carbonyl (C=O) groups is 2. The van der Waals surface area contributed by atoms with E-state index in [4.69, 9.17) is 4.52 Å². The van der Waals surface area contributed by atoms with Crippen LogP contribution in [0.4, 0.5) is 11.6 Å². The largest absolute Gasteiger partial charge is 0.352 e. The smallest absolute Gasteiger partial charge is 0.236 e. The van der Waals surface area contributed by atoms with Crippen molar-refractivity contribution in [2.24, 2.45) is 0 Å². The average Bonchev–Trinajstić information content (AvgIpc) is 3.12. The van der Waals surface area contributed by atoms with Crippen molar-refractivity contribution in [3.63, 3.8) is 0 Å². The van der Waals surface area contributed by atoms with Crippen LogP contribution in [0.15, 0.2) is 46.6 Å². The fourth-order valence-electron chi connectivity index (χ4n) is 3.47. The van der Waals surface area contributed by atoms with Crippen LogP contribution in [-0.2, 0) is 0 Å². The molecule has 0 saturated carbocycles. The van der Waals surface area contributed by atoms with Gasteiger partial charge in [-0.3, -0.25) is 9.59 Å². The van der Waals surface area contributed by atoms with Crippen LogP contribution < -0.4 is 10.6 Å². The van der Waals surface area contributed by atoms with E-state index in [1.165, 1.54) is 25.3 Å². The Labute approximate surface area is 157 Å². The Morgan fingerprint density at radius 3 is 2.63 bits per heavy atom. The summed E-state index contributed by atoms with van der Waals surface area (Å²) >= 11 is 0. The van der Waals surface area contributed by atoms with E-state index < -0.39 is 0 Å². The minimum absolute atomic E-state index is 0.0686. The van der Waals surface area contributed by atoms with Gasteiger partial charge in [0, 0.05) is 24.9 Å². The lowest BCUT2D eigenvalue weighted by Gasteiger charge is -2.26. The molecule has 27 heavy (non-hydrogen) atoms. The fourth-order valence-corrected chi connectivity index (χ4v) is 3.47. The van der Waals surface area contributed by atoms with Crippen molar-refractivity contribution in [1.82, 2.24) is 10.1 Å². The summed E-state index contributed by atoms with van der Waals surface area (Å²) in [5.41, 5.74) is 1.24. The molecule has 1 aromatic heterocycles. The van der Waals surface area contributed by atoms with E-state index in [0.29, 0.717) is 6.54 Å². The molecule has 140 valence electrons. The molecule has 1 aliphatic carbocycles. The lowest BCUT2D eigenvalue weighted by atomic mass is 9.98. The third-order valence-electron chi connectivity index (χ3n) is 4.89. The molecule has 2 aromatic rings. The quantitative estimate of drug-likeness (QED) is 0.813. The molecule has 1 saturated heterocycles. The van der Waals surface area contributed by atoms with Crippen LogP contribution in [0.1, 0.15) is 40.1 Å². The molecule has 0 radical (unpaired) electrons. The number of anilines is 2. The number of hydrogen-bond acceptors (Lipinski definition) is 7. The third kappa shape index (κ3) is 3.78. The first kappa shape index (κ1) is 17.5. The Kier molecular flexibility index (Phi) is 5.02. The molecule has 1 aliphatic heterocycles. The number of likely N-dealkylation sites (tertiary alicyclic amines) is 1. The van der Waals surface area contributed by atoms with E-state index >= 15 is 0 Å². The van der Waals surface area contributed by atoms with E-state index in [1.54, 1.807) is 0 Å². The number of aromatic nitrogens is 1. The zero-order valence-corrected chi connectivity index (χ0v) is 15.0. The monoisotopic (exact) mass is 366 g/mol. The molecule has 4 rings (SSSR count). The van der Waals surface area contributed by atoms with E-state index in [-0.39, 0.29) is 34.4 Å². The van der Waals surface area contributed by atoms with Gasteiger partial charge in [-0.2, -0.15) is 0 Å². The fraction of sp³-hybridized carbons (Fsp3) is 0.350. The number of Topliss-reactive ketones (excluding diaryl/α,β-unsaturated/α-hetero) is 1. The van der Waals surface area contributed by atoms with Gasteiger partial charge in [-0.15, -0.1) is 0 Å². The number of para-hydroxylation sites is 1. The normalized spacial score (nSPS) is 17.4. The lowest BCUT2D eigenvalue weighted by molar-refractivity contribution is 0.0983.